The second-order valence-corrected chi connectivity index (χ2v) is 6.43. The first kappa shape index (κ1) is 16.0. The van der Waals surface area contributed by atoms with Crippen molar-refractivity contribution in [3.63, 3.8) is 0 Å². The number of benzene rings is 1. The van der Waals surface area contributed by atoms with E-state index >= 15 is 0 Å². The van der Waals surface area contributed by atoms with Crippen LogP contribution in [0.1, 0.15) is 12.0 Å². The van der Waals surface area contributed by atoms with Crippen LogP contribution in [-0.4, -0.2) is 42.4 Å². The zero-order valence-corrected chi connectivity index (χ0v) is 13.8. The fourth-order valence-electron chi connectivity index (χ4n) is 2.80. The van der Waals surface area contributed by atoms with Crippen LogP contribution >= 0.6 is 15.9 Å². The lowest BCUT2D eigenvalue weighted by atomic mass is 10.0. The smallest absolute Gasteiger partial charge is 0.241 e. The van der Waals surface area contributed by atoms with E-state index in [1.54, 1.807) is 12.1 Å². The van der Waals surface area contributed by atoms with Crippen LogP contribution in [0.2, 0.25) is 0 Å². The Kier molecular flexibility index (Phi) is 4.41. The molecule has 23 heavy (non-hydrogen) atoms. The second kappa shape index (κ2) is 6.34. The van der Waals surface area contributed by atoms with Crippen molar-refractivity contribution < 1.29 is 18.7 Å². The van der Waals surface area contributed by atoms with Gasteiger partial charge in [-0.2, -0.15) is 5.26 Å². The van der Waals surface area contributed by atoms with Gasteiger partial charge in [-0.3, -0.25) is 4.79 Å². The molecule has 122 valence electrons. The van der Waals surface area contributed by atoms with Crippen molar-refractivity contribution in [1.82, 2.24) is 4.90 Å². The Morgan fingerprint density at radius 3 is 2.91 bits per heavy atom. The standard InChI is InChI=1S/C15H15BrFN3O3/c16-11-4-14-13(22-7-23-14)2-8(11)1-12(19)15(21)20-6-9(17)3-10(20)5-18/h2,4,9-10,12H,1,3,6-7,19H2/t9-,10-,12-/m0/s1. The minimum absolute atomic E-state index is 0.0443. The summed E-state index contributed by atoms with van der Waals surface area (Å²) in [4.78, 5) is 13.7. The number of nitrogens with zero attached hydrogens (tertiary/aromatic N) is 2. The molecular weight excluding hydrogens is 369 g/mol. The number of ether oxygens (including phenoxy) is 2. The average Bonchev–Trinajstić information content (AvgIpc) is 3.12. The highest BCUT2D eigenvalue weighted by atomic mass is 79.9. The number of alkyl halides is 1. The molecule has 1 aromatic carbocycles. The van der Waals surface area contributed by atoms with Crippen LogP contribution in [0, 0.1) is 11.3 Å². The Labute approximate surface area is 141 Å². The molecule has 0 spiro atoms. The zero-order valence-electron chi connectivity index (χ0n) is 12.2. The number of carbonyl (C=O) groups excluding carboxylic acids is 1. The molecule has 3 atom stereocenters. The fourth-order valence-corrected chi connectivity index (χ4v) is 3.29. The van der Waals surface area contributed by atoms with Crippen LogP contribution in [0.15, 0.2) is 16.6 Å². The van der Waals surface area contributed by atoms with Crippen LogP contribution in [-0.2, 0) is 11.2 Å². The third kappa shape index (κ3) is 3.12. The maximum Gasteiger partial charge on any atom is 0.241 e. The van der Waals surface area contributed by atoms with Gasteiger partial charge in [-0.1, -0.05) is 15.9 Å². The lowest BCUT2D eigenvalue weighted by molar-refractivity contribution is -0.132. The number of amides is 1. The summed E-state index contributed by atoms with van der Waals surface area (Å²) < 4.78 is 24.8. The van der Waals surface area contributed by atoms with E-state index in [0.29, 0.717) is 11.5 Å². The average molecular weight is 384 g/mol. The SMILES string of the molecule is N#C[C@@H]1C[C@H](F)CN1C(=O)[C@@H](N)Cc1cc2c(cc1Br)OCO2. The maximum atomic E-state index is 13.5. The first-order valence-corrected chi connectivity index (χ1v) is 7.96. The zero-order chi connectivity index (χ0) is 16.6. The summed E-state index contributed by atoms with van der Waals surface area (Å²) in [5.74, 6) is 0.814. The lowest BCUT2D eigenvalue weighted by Crippen LogP contribution is -2.46. The number of hydrogen-bond acceptors (Lipinski definition) is 5. The molecule has 0 unspecified atom stereocenters. The van der Waals surface area contributed by atoms with Gasteiger partial charge in [-0.15, -0.1) is 0 Å². The summed E-state index contributed by atoms with van der Waals surface area (Å²) in [7, 11) is 0. The van der Waals surface area contributed by atoms with Crippen LogP contribution in [0.5, 0.6) is 11.5 Å². The normalized spacial score (nSPS) is 23.7. The maximum absolute atomic E-state index is 13.5. The third-order valence-electron chi connectivity index (χ3n) is 3.98. The van der Waals surface area contributed by atoms with Crippen molar-refractivity contribution in [2.45, 2.75) is 31.1 Å². The molecule has 1 fully saturated rings. The van der Waals surface area contributed by atoms with Gasteiger partial charge in [-0.25, -0.2) is 4.39 Å². The largest absolute Gasteiger partial charge is 0.454 e. The molecule has 0 aromatic heterocycles. The summed E-state index contributed by atoms with van der Waals surface area (Å²) in [6, 6.07) is 3.88. The van der Waals surface area contributed by atoms with Gasteiger partial charge in [-0.05, 0) is 24.1 Å². The van der Waals surface area contributed by atoms with Gasteiger partial charge in [0.15, 0.2) is 11.5 Å². The molecule has 1 amide bonds. The summed E-state index contributed by atoms with van der Waals surface area (Å²) in [5, 5.41) is 9.04. The lowest BCUT2D eigenvalue weighted by Gasteiger charge is -2.23. The molecule has 2 aliphatic heterocycles. The van der Waals surface area contributed by atoms with Gasteiger partial charge in [0, 0.05) is 10.9 Å². The number of likely N-dealkylation sites (tertiary alicyclic amines) is 1. The molecule has 0 bridgehead atoms. The van der Waals surface area contributed by atoms with E-state index < -0.39 is 24.2 Å². The van der Waals surface area contributed by atoms with Gasteiger partial charge in [0.1, 0.15) is 12.2 Å². The predicted molar refractivity (Wildman–Crippen MR) is 82.6 cm³/mol. The number of rotatable bonds is 3. The van der Waals surface area contributed by atoms with Crippen molar-refractivity contribution in [2.24, 2.45) is 5.73 Å². The van der Waals surface area contributed by atoms with Crippen molar-refractivity contribution in [2.75, 3.05) is 13.3 Å². The van der Waals surface area contributed by atoms with Crippen molar-refractivity contribution >= 4 is 21.8 Å². The van der Waals surface area contributed by atoms with Crippen LogP contribution in [0.3, 0.4) is 0 Å². The molecule has 0 saturated carbocycles. The van der Waals surface area contributed by atoms with Crippen molar-refractivity contribution in [3.05, 3.63) is 22.2 Å². The fraction of sp³-hybridized carbons (Fsp3) is 0.467. The Hall–Kier alpha value is -1.85. The first-order valence-electron chi connectivity index (χ1n) is 7.17. The van der Waals surface area contributed by atoms with E-state index in [0.717, 1.165) is 10.0 Å². The van der Waals surface area contributed by atoms with Gasteiger partial charge in [0.05, 0.1) is 18.7 Å². The molecule has 1 aromatic rings. The van der Waals surface area contributed by atoms with Crippen LogP contribution in [0.25, 0.3) is 0 Å². The van der Waals surface area contributed by atoms with E-state index in [9.17, 15) is 9.18 Å². The second-order valence-electron chi connectivity index (χ2n) is 5.58. The minimum atomic E-state index is -1.17. The van der Waals surface area contributed by atoms with Gasteiger partial charge in [0.25, 0.3) is 0 Å². The van der Waals surface area contributed by atoms with Gasteiger partial charge < -0.3 is 20.1 Å². The van der Waals surface area contributed by atoms with E-state index in [1.165, 1.54) is 4.90 Å². The Morgan fingerprint density at radius 2 is 2.22 bits per heavy atom. The summed E-state index contributed by atoms with van der Waals surface area (Å²) >= 11 is 3.42. The Bertz CT molecular complexity index is 679. The van der Waals surface area contributed by atoms with Crippen LogP contribution < -0.4 is 15.2 Å². The summed E-state index contributed by atoms with van der Waals surface area (Å²) in [6.45, 7) is 0.0821. The van der Waals surface area contributed by atoms with Crippen molar-refractivity contribution in [1.29, 1.82) is 5.26 Å². The minimum Gasteiger partial charge on any atom is -0.454 e. The number of fused-ring (bicyclic) bond motifs is 1. The molecule has 1 saturated heterocycles. The predicted octanol–water partition coefficient (Wildman–Crippen LogP) is 1.51. The Balaban J connectivity index is 1.73. The van der Waals surface area contributed by atoms with Gasteiger partial charge in [0.2, 0.25) is 12.7 Å². The Morgan fingerprint density at radius 1 is 1.52 bits per heavy atom. The van der Waals surface area contributed by atoms with E-state index in [4.69, 9.17) is 20.5 Å². The van der Waals surface area contributed by atoms with E-state index in [1.807, 2.05) is 6.07 Å². The quantitative estimate of drug-likeness (QED) is 0.854. The number of hydrogen-bond donors (Lipinski definition) is 1. The molecule has 0 radical (unpaired) electrons. The highest BCUT2D eigenvalue weighted by Gasteiger charge is 2.37. The van der Waals surface area contributed by atoms with E-state index in [-0.39, 0.29) is 26.2 Å². The molecule has 6 nitrogen and oxygen atoms in total. The molecule has 0 aliphatic carbocycles. The monoisotopic (exact) mass is 383 g/mol. The topological polar surface area (TPSA) is 88.6 Å². The van der Waals surface area contributed by atoms with Crippen LogP contribution in [0.4, 0.5) is 4.39 Å². The molecule has 8 heteroatoms. The first-order chi connectivity index (χ1) is 11.0. The number of carbonyl (C=O) groups is 1. The summed E-state index contributed by atoms with van der Waals surface area (Å²) in [6.07, 6.45) is -0.877. The van der Waals surface area contributed by atoms with Gasteiger partial charge >= 0.3 is 0 Å². The van der Waals surface area contributed by atoms with Crippen molar-refractivity contribution in [3.8, 4) is 17.6 Å². The van der Waals surface area contributed by atoms with E-state index in [2.05, 4.69) is 15.9 Å². The number of halogens is 2. The number of nitriles is 1. The third-order valence-corrected chi connectivity index (χ3v) is 4.72. The molecular formula is C15H15BrFN3O3. The molecule has 2 N–H and O–H groups in total. The molecule has 2 aliphatic rings. The number of nitrogens with two attached hydrogens (primary N) is 1. The molecule has 3 rings (SSSR count). The highest BCUT2D eigenvalue weighted by molar-refractivity contribution is 9.10. The highest BCUT2D eigenvalue weighted by Crippen LogP contribution is 2.37. The summed E-state index contributed by atoms with van der Waals surface area (Å²) in [5.41, 5.74) is 6.78. The molecule has 2 heterocycles.